The summed E-state index contributed by atoms with van der Waals surface area (Å²) in [7, 11) is 3.77. The SMILES string of the molecule is CO/N=C(/C(=O)OC)c1cccc(C)c1CO/N=C(\OC)c1cccc(C(F)(F)F)c1. The summed E-state index contributed by atoms with van der Waals surface area (Å²) in [5.41, 5.74) is 0.918. The highest BCUT2D eigenvalue weighted by Gasteiger charge is 2.31. The van der Waals surface area contributed by atoms with Crippen LogP contribution in [-0.4, -0.2) is 38.9 Å². The topological polar surface area (TPSA) is 78.7 Å². The van der Waals surface area contributed by atoms with Crippen molar-refractivity contribution in [3.8, 4) is 0 Å². The number of carbonyl (C=O) groups is 1. The number of rotatable bonds is 7. The van der Waals surface area contributed by atoms with E-state index in [4.69, 9.17) is 19.1 Å². The summed E-state index contributed by atoms with van der Waals surface area (Å²) in [5.74, 6) is -0.848. The van der Waals surface area contributed by atoms with Gasteiger partial charge in [0.05, 0.1) is 19.8 Å². The van der Waals surface area contributed by atoms with Gasteiger partial charge in [0.15, 0.2) is 5.71 Å². The first-order valence-electron chi connectivity index (χ1n) is 8.92. The van der Waals surface area contributed by atoms with Crippen molar-refractivity contribution in [2.45, 2.75) is 19.7 Å². The number of methoxy groups -OCH3 is 2. The molecule has 0 unspecified atom stereocenters. The van der Waals surface area contributed by atoms with E-state index in [1.807, 2.05) is 0 Å². The minimum atomic E-state index is -4.50. The molecule has 2 aromatic carbocycles. The van der Waals surface area contributed by atoms with Gasteiger partial charge in [-0.15, -0.1) is 0 Å². The van der Waals surface area contributed by atoms with Gasteiger partial charge in [0.2, 0.25) is 0 Å². The number of hydrogen-bond donors (Lipinski definition) is 0. The largest absolute Gasteiger partial charge is 0.479 e. The van der Waals surface area contributed by atoms with E-state index in [2.05, 4.69) is 10.3 Å². The maximum absolute atomic E-state index is 13.0. The maximum Gasteiger partial charge on any atom is 0.416 e. The number of benzene rings is 2. The number of esters is 1. The molecule has 0 bridgehead atoms. The van der Waals surface area contributed by atoms with E-state index in [0.717, 1.165) is 17.7 Å². The van der Waals surface area contributed by atoms with Crippen molar-refractivity contribution in [2.75, 3.05) is 21.3 Å². The number of alkyl halides is 3. The molecule has 10 heteroatoms. The van der Waals surface area contributed by atoms with Crippen LogP contribution in [-0.2, 0) is 36.7 Å². The van der Waals surface area contributed by atoms with Gasteiger partial charge in [-0.3, -0.25) is 0 Å². The van der Waals surface area contributed by atoms with E-state index in [1.165, 1.54) is 33.5 Å². The van der Waals surface area contributed by atoms with Gasteiger partial charge >= 0.3 is 12.1 Å². The maximum atomic E-state index is 13.0. The third-order valence-corrected chi connectivity index (χ3v) is 4.21. The highest BCUT2D eigenvalue weighted by molar-refractivity contribution is 6.43. The fraction of sp³-hybridized carbons (Fsp3) is 0.286. The van der Waals surface area contributed by atoms with Gasteiger partial charge in [0.25, 0.3) is 5.90 Å². The van der Waals surface area contributed by atoms with Crippen LogP contribution in [0.15, 0.2) is 52.8 Å². The fourth-order valence-corrected chi connectivity index (χ4v) is 2.69. The third kappa shape index (κ3) is 5.97. The minimum Gasteiger partial charge on any atom is -0.479 e. The summed E-state index contributed by atoms with van der Waals surface area (Å²) >= 11 is 0. The minimum absolute atomic E-state index is 0.0684. The van der Waals surface area contributed by atoms with Crippen LogP contribution in [0.1, 0.15) is 27.8 Å². The van der Waals surface area contributed by atoms with Gasteiger partial charge in [-0.25, -0.2) is 4.79 Å². The van der Waals surface area contributed by atoms with Crippen LogP contribution < -0.4 is 0 Å². The molecule has 0 spiro atoms. The highest BCUT2D eigenvalue weighted by atomic mass is 19.4. The zero-order chi connectivity index (χ0) is 23.0. The van der Waals surface area contributed by atoms with Gasteiger partial charge in [-0.05, 0) is 35.8 Å². The summed E-state index contributed by atoms with van der Waals surface area (Å²) in [6.07, 6.45) is -4.50. The fourth-order valence-electron chi connectivity index (χ4n) is 2.69. The molecule has 0 aliphatic rings. The molecule has 31 heavy (non-hydrogen) atoms. The zero-order valence-electron chi connectivity index (χ0n) is 17.3. The summed E-state index contributed by atoms with van der Waals surface area (Å²) < 4.78 is 48.7. The molecule has 2 aromatic rings. The van der Waals surface area contributed by atoms with E-state index >= 15 is 0 Å². The molecule has 0 radical (unpaired) electrons. The Morgan fingerprint density at radius 3 is 2.32 bits per heavy atom. The van der Waals surface area contributed by atoms with Gasteiger partial charge in [-0.1, -0.05) is 29.4 Å². The number of oxime groups is 2. The number of ether oxygens (including phenoxy) is 2. The smallest absolute Gasteiger partial charge is 0.416 e. The Bertz CT molecular complexity index is 987. The molecular formula is C21H21F3N2O5. The molecule has 0 saturated heterocycles. The Kier molecular flexibility index (Phi) is 8.00. The Labute approximate surface area is 177 Å². The van der Waals surface area contributed by atoms with E-state index in [0.29, 0.717) is 11.1 Å². The molecule has 0 heterocycles. The van der Waals surface area contributed by atoms with Crippen molar-refractivity contribution in [3.05, 3.63) is 70.3 Å². The molecule has 0 N–H and O–H groups in total. The summed E-state index contributed by atoms with van der Waals surface area (Å²) in [6, 6.07) is 9.66. The van der Waals surface area contributed by atoms with Crippen molar-refractivity contribution in [1.82, 2.24) is 0 Å². The average molecular weight is 438 g/mol. The summed E-state index contributed by atoms with van der Waals surface area (Å²) in [5, 5.41) is 7.55. The molecule has 0 aromatic heterocycles. The first-order chi connectivity index (χ1) is 14.7. The number of aryl methyl sites for hydroxylation is 1. The van der Waals surface area contributed by atoms with Crippen molar-refractivity contribution in [1.29, 1.82) is 0 Å². The lowest BCUT2D eigenvalue weighted by molar-refractivity contribution is -0.137. The second-order valence-electron chi connectivity index (χ2n) is 6.17. The predicted octanol–water partition coefficient (Wildman–Crippen LogP) is 4.06. The number of carbonyl (C=O) groups excluding carboxylic acids is 1. The second-order valence-corrected chi connectivity index (χ2v) is 6.17. The molecule has 0 amide bonds. The van der Waals surface area contributed by atoms with Crippen LogP contribution >= 0.6 is 0 Å². The molecule has 0 saturated carbocycles. The van der Waals surface area contributed by atoms with Gasteiger partial charge in [-0.2, -0.15) is 13.2 Å². The lowest BCUT2D eigenvalue weighted by Gasteiger charge is -2.13. The number of halogens is 3. The van der Waals surface area contributed by atoms with E-state index in [9.17, 15) is 18.0 Å². The van der Waals surface area contributed by atoms with Crippen LogP contribution in [0.2, 0.25) is 0 Å². The molecule has 0 atom stereocenters. The van der Waals surface area contributed by atoms with Crippen molar-refractivity contribution in [3.63, 3.8) is 0 Å². The third-order valence-electron chi connectivity index (χ3n) is 4.21. The summed E-state index contributed by atoms with van der Waals surface area (Å²) in [6.45, 7) is 1.67. The molecule has 7 nitrogen and oxygen atoms in total. The standard InChI is InChI=1S/C21H21F3N2O5/c1-13-7-5-10-16(18(25-30-4)20(27)29-3)17(13)12-31-26-19(28-2)14-8-6-9-15(11-14)21(22,23)24/h5-11H,12H2,1-4H3/b25-18+,26-19-. The summed E-state index contributed by atoms with van der Waals surface area (Å²) in [4.78, 5) is 22.2. The lowest BCUT2D eigenvalue weighted by Crippen LogP contribution is -2.20. The van der Waals surface area contributed by atoms with Crippen molar-refractivity contribution >= 4 is 17.6 Å². The Morgan fingerprint density at radius 1 is 1.00 bits per heavy atom. The molecule has 0 fully saturated rings. The van der Waals surface area contributed by atoms with Crippen molar-refractivity contribution in [2.24, 2.45) is 10.3 Å². The van der Waals surface area contributed by atoms with E-state index in [1.54, 1.807) is 25.1 Å². The second kappa shape index (κ2) is 10.5. The number of hydrogen-bond acceptors (Lipinski definition) is 7. The first kappa shape index (κ1) is 23.7. The van der Waals surface area contributed by atoms with Crippen LogP contribution in [0.5, 0.6) is 0 Å². The Balaban J connectivity index is 2.33. The molecule has 0 aliphatic heterocycles. The van der Waals surface area contributed by atoms with Gasteiger partial charge in [0.1, 0.15) is 13.7 Å². The Morgan fingerprint density at radius 2 is 1.71 bits per heavy atom. The van der Waals surface area contributed by atoms with Crippen LogP contribution in [0.4, 0.5) is 13.2 Å². The van der Waals surface area contributed by atoms with E-state index in [-0.39, 0.29) is 23.8 Å². The van der Waals surface area contributed by atoms with Gasteiger partial charge < -0.3 is 19.1 Å². The van der Waals surface area contributed by atoms with Gasteiger partial charge in [0, 0.05) is 16.7 Å². The lowest BCUT2D eigenvalue weighted by atomic mass is 9.99. The zero-order valence-corrected chi connectivity index (χ0v) is 17.3. The average Bonchev–Trinajstić information content (AvgIpc) is 2.75. The van der Waals surface area contributed by atoms with Crippen molar-refractivity contribution < 1.29 is 37.1 Å². The predicted molar refractivity (Wildman–Crippen MR) is 107 cm³/mol. The molecule has 2 rings (SSSR count). The quantitative estimate of drug-likeness (QED) is 0.282. The molecule has 166 valence electrons. The van der Waals surface area contributed by atoms with Crippen LogP contribution in [0, 0.1) is 6.92 Å². The monoisotopic (exact) mass is 438 g/mol. The Hall–Kier alpha value is -3.56. The first-order valence-corrected chi connectivity index (χ1v) is 8.92. The van der Waals surface area contributed by atoms with E-state index < -0.39 is 17.7 Å². The normalized spacial score (nSPS) is 12.4. The molecular weight excluding hydrogens is 417 g/mol. The highest BCUT2D eigenvalue weighted by Crippen LogP contribution is 2.29. The van der Waals surface area contributed by atoms with Crippen LogP contribution in [0.3, 0.4) is 0 Å². The number of nitrogens with zero attached hydrogens (tertiary/aromatic N) is 2. The molecule has 0 aliphatic carbocycles. The van der Waals surface area contributed by atoms with Crippen LogP contribution in [0.25, 0.3) is 0 Å².